The summed E-state index contributed by atoms with van der Waals surface area (Å²) in [6.45, 7) is 4.81. The fourth-order valence-electron chi connectivity index (χ4n) is 2.17. The lowest BCUT2D eigenvalue weighted by Gasteiger charge is -2.27. The predicted octanol–water partition coefficient (Wildman–Crippen LogP) is 2.22. The molecule has 20 heavy (non-hydrogen) atoms. The Morgan fingerprint density at radius 3 is 2.95 bits per heavy atom. The highest BCUT2D eigenvalue weighted by Crippen LogP contribution is 2.15. The van der Waals surface area contributed by atoms with Gasteiger partial charge in [0.1, 0.15) is 12.7 Å². The molecule has 1 saturated heterocycles. The molecule has 1 aliphatic heterocycles. The lowest BCUT2D eigenvalue weighted by atomic mass is 10.1. The fourth-order valence-corrected chi connectivity index (χ4v) is 3.04. The maximum atomic E-state index is 9.90. The van der Waals surface area contributed by atoms with Crippen LogP contribution in [0.25, 0.3) is 0 Å². The van der Waals surface area contributed by atoms with E-state index >= 15 is 0 Å². The van der Waals surface area contributed by atoms with Gasteiger partial charge in [0.15, 0.2) is 5.17 Å². The minimum absolute atomic E-state index is 0.157. The first-order valence-electron chi connectivity index (χ1n) is 6.84. The summed E-state index contributed by atoms with van der Waals surface area (Å²) >= 11 is 7.46. The number of hydrogen-bond donors (Lipinski definition) is 1. The quantitative estimate of drug-likeness (QED) is 0.645. The van der Waals surface area contributed by atoms with Crippen molar-refractivity contribution in [3.8, 4) is 0 Å². The van der Waals surface area contributed by atoms with E-state index in [0.717, 1.165) is 23.0 Å². The van der Waals surface area contributed by atoms with Gasteiger partial charge in [-0.3, -0.25) is 0 Å². The van der Waals surface area contributed by atoms with Crippen LogP contribution in [-0.4, -0.2) is 52.5 Å². The van der Waals surface area contributed by atoms with Gasteiger partial charge < -0.3 is 14.8 Å². The van der Waals surface area contributed by atoms with Gasteiger partial charge in [-0.2, -0.15) is 0 Å². The van der Waals surface area contributed by atoms with Gasteiger partial charge in [0.2, 0.25) is 0 Å². The molecule has 1 fully saturated rings. The summed E-state index contributed by atoms with van der Waals surface area (Å²) in [6.07, 6.45) is 4.84. The molecular formula is C13H20ClN3O2S. The second-order valence-corrected chi connectivity index (χ2v) is 6.53. The summed E-state index contributed by atoms with van der Waals surface area (Å²) in [4.78, 5) is 12.3. The third-order valence-electron chi connectivity index (χ3n) is 3.15. The number of piperidine rings is 1. The summed E-state index contributed by atoms with van der Waals surface area (Å²) in [5, 5.41) is 14.9. The molecule has 0 bridgehead atoms. The van der Waals surface area contributed by atoms with E-state index in [4.69, 9.17) is 16.4 Å². The van der Waals surface area contributed by atoms with E-state index in [1.54, 1.807) is 6.20 Å². The van der Waals surface area contributed by atoms with Crippen LogP contribution in [-0.2, 0) is 4.84 Å². The van der Waals surface area contributed by atoms with Crippen LogP contribution in [0.5, 0.6) is 0 Å². The van der Waals surface area contributed by atoms with Crippen LogP contribution < -0.4 is 0 Å². The number of aryl methyl sites for hydroxylation is 1. The Balaban J connectivity index is 1.71. The monoisotopic (exact) mass is 317 g/mol. The molecule has 2 heterocycles. The predicted molar refractivity (Wildman–Crippen MR) is 81.5 cm³/mol. The summed E-state index contributed by atoms with van der Waals surface area (Å²) in [7, 11) is 0. The molecule has 0 spiro atoms. The van der Waals surface area contributed by atoms with Crippen molar-refractivity contribution in [3.63, 3.8) is 0 Å². The van der Waals surface area contributed by atoms with Crippen LogP contribution in [0.15, 0.2) is 11.4 Å². The van der Waals surface area contributed by atoms with E-state index in [2.05, 4.69) is 15.0 Å². The summed E-state index contributed by atoms with van der Waals surface area (Å²) < 4.78 is 0. The Labute approximate surface area is 128 Å². The van der Waals surface area contributed by atoms with Crippen molar-refractivity contribution in [1.29, 1.82) is 0 Å². The largest absolute Gasteiger partial charge is 0.392 e. The van der Waals surface area contributed by atoms with E-state index in [-0.39, 0.29) is 11.8 Å². The smallest absolute Gasteiger partial charge is 0.187 e. The minimum Gasteiger partial charge on any atom is -0.392 e. The zero-order valence-electron chi connectivity index (χ0n) is 11.6. The van der Waals surface area contributed by atoms with Crippen molar-refractivity contribution in [2.45, 2.75) is 32.3 Å². The standard InChI is InChI=1S/C13H20ClN3O2S/c1-10-15-7-12(20-10)13(14)16-19-9-11(18)8-17-5-3-2-4-6-17/h7,11,18H,2-6,8-9H2,1H3. The number of nitrogens with zero attached hydrogens (tertiary/aromatic N) is 3. The molecule has 1 aliphatic rings. The van der Waals surface area contributed by atoms with Crippen molar-refractivity contribution in [3.05, 3.63) is 16.1 Å². The third kappa shape index (κ3) is 5.01. The molecule has 0 aromatic carbocycles. The third-order valence-corrected chi connectivity index (χ3v) is 4.46. The molecule has 2 rings (SSSR count). The van der Waals surface area contributed by atoms with Crippen molar-refractivity contribution >= 4 is 28.1 Å². The van der Waals surface area contributed by atoms with Crippen molar-refractivity contribution < 1.29 is 9.94 Å². The molecule has 5 nitrogen and oxygen atoms in total. The van der Waals surface area contributed by atoms with Crippen LogP contribution in [0, 0.1) is 6.92 Å². The molecule has 7 heteroatoms. The molecule has 0 aliphatic carbocycles. The van der Waals surface area contributed by atoms with Crippen LogP contribution >= 0.6 is 22.9 Å². The highest BCUT2D eigenvalue weighted by atomic mass is 35.5. The summed E-state index contributed by atoms with van der Waals surface area (Å²) in [6, 6.07) is 0. The number of thiazole rings is 1. The van der Waals surface area contributed by atoms with E-state index in [1.165, 1.54) is 30.6 Å². The first kappa shape index (κ1) is 15.7. The Morgan fingerprint density at radius 2 is 2.30 bits per heavy atom. The lowest BCUT2D eigenvalue weighted by molar-refractivity contribution is 0.0161. The Morgan fingerprint density at radius 1 is 1.55 bits per heavy atom. The Hall–Kier alpha value is -0.690. The number of aliphatic hydroxyl groups is 1. The van der Waals surface area contributed by atoms with Gasteiger partial charge in [-0.25, -0.2) is 4.98 Å². The average Bonchev–Trinajstić information content (AvgIpc) is 2.86. The summed E-state index contributed by atoms with van der Waals surface area (Å²) in [5.74, 6) is 0. The molecule has 0 saturated carbocycles. The van der Waals surface area contributed by atoms with E-state index in [0.29, 0.717) is 6.54 Å². The van der Waals surface area contributed by atoms with Crippen LogP contribution in [0.2, 0.25) is 0 Å². The number of hydrogen-bond acceptors (Lipinski definition) is 6. The second-order valence-electron chi connectivity index (χ2n) is 4.94. The maximum Gasteiger partial charge on any atom is 0.187 e. The van der Waals surface area contributed by atoms with Crippen molar-refractivity contribution in [2.75, 3.05) is 26.2 Å². The highest BCUT2D eigenvalue weighted by molar-refractivity contribution is 7.15. The van der Waals surface area contributed by atoms with Gasteiger partial charge in [-0.15, -0.1) is 11.3 Å². The number of rotatable bonds is 6. The number of aromatic nitrogens is 1. The van der Waals surface area contributed by atoms with Crippen molar-refractivity contribution in [2.24, 2.45) is 5.16 Å². The average molecular weight is 318 g/mol. The van der Waals surface area contributed by atoms with Gasteiger partial charge in [0.25, 0.3) is 0 Å². The molecule has 1 unspecified atom stereocenters. The van der Waals surface area contributed by atoms with Gasteiger partial charge >= 0.3 is 0 Å². The fraction of sp³-hybridized carbons (Fsp3) is 0.692. The number of aliphatic hydroxyl groups excluding tert-OH is 1. The van der Waals surface area contributed by atoms with E-state index in [1.807, 2.05) is 6.92 Å². The minimum atomic E-state index is -0.537. The molecule has 0 radical (unpaired) electrons. The van der Waals surface area contributed by atoms with Crippen LogP contribution in [0.3, 0.4) is 0 Å². The first-order valence-corrected chi connectivity index (χ1v) is 8.03. The number of likely N-dealkylation sites (tertiary alicyclic amines) is 1. The lowest BCUT2D eigenvalue weighted by Crippen LogP contribution is -2.38. The Kier molecular flexibility index (Phi) is 6.22. The van der Waals surface area contributed by atoms with Crippen LogP contribution in [0.1, 0.15) is 29.1 Å². The molecule has 0 amide bonds. The molecule has 112 valence electrons. The van der Waals surface area contributed by atoms with E-state index in [9.17, 15) is 5.11 Å². The molecule has 1 atom stereocenters. The van der Waals surface area contributed by atoms with Gasteiger partial charge in [-0.05, 0) is 32.9 Å². The SMILES string of the molecule is Cc1ncc(C(Cl)=NOCC(O)CN2CCCCC2)s1. The Bertz CT molecular complexity index is 447. The zero-order chi connectivity index (χ0) is 14.4. The molecule has 1 N–H and O–H groups in total. The van der Waals surface area contributed by atoms with Gasteiger partial charge in [0, 0.05) is 12.7 Å². The van der Waals surface area contributed by atoms with Crippen molar-refractivity contribution in [1.82, 2.24) is 9.88 Å². The topological polar surface area (TPSA) is 58.0 Å². The number of oxime groups is 1. The molecular weight excluding hydrogens is 298 g/mol. The second kappa shape index (κ2) is 7.93. The molecule has 1 aromatic heterocycles. The van der Waals surface area contributed by atoms with E-state index < -0.39 is 6.10 Å². The number of halogens is 1. The summed E-state index contributed by atoms with van der Waals surface area (Å²) in [5.41, 5.74) is 0. The van der Waals surface area contributed by atoms with Gasteiger partial charge in [-0.1, -0.05) is 23.2 Å². The molecule has 1 aromatic rings. The van der Waals surface area contributed by atoms with Gasteiger partial charge in [0.05, 0.1) is 9.88 Å². The maximum absolute atomic E-state index is 9.90. The first-order chi connectivity index (χ1) is 9.65. The zero-order valence-corrected chi connectivity index (χ0v) is 13.2. The number of β-amino-alcohol motifs (C(OH)–C–C–N with tert-alkyl or cyclic N) is 1. The van der Waals surface area contributed by atoms with Crippen LogP contribution in [0.4, 0.5) is 0 Å². The normalized spacial score (nSPS) is 19.1. The highest BCUT2D eigenvalue weighted by Gasteiger charge is 2.15.